The fourth-order valence-corrected chi connectivity index (χ4v) is 4.77. The van der Waals surface area contributed by atoms with Crippen LogP contribution in [0.2, 0.25) is 0 Å². The lowest BCUT2D eigenvalue weighted by Gasteiger charge is -2.37. The molecule has 2 heterocycles. The van der Waals surface area contributed by atoms with E-state index < -0.39 is 0 Å². The molecule has 0 radical (unpaired) electrons. The highest BCUT2D eigenvalue weighted by Gasteiger charge is 2.29. The number of carbonyl (C=O) groups is 1. The molecule has 1 amide bonds. The zero-order valence-electron chi connectivity index (χ0n) is 14.8. The maximum atomic E-state index is 12.8. The van der Waals surface area contributed by atoms with Gasteiger partial charge < -0.3 is 4.90 Å². The minimum atomic E-state index is 0.328. The summed E-state index contributed by atoms with van der Waals surface area (Å²) in [7, 11) is 0. The van der Waals surface area contributed by atoms with Crippen LogP contribution >= 0.6 is 0 Å². The highest BCUT2D eigenvalue weighted by Crippen LogP contribution is 2.24. The highest BCUT2D eigenvalue weighted by atomic mass is 16.2. The number of hydrogen-bond acceptors (Lipinski definition) is 2. The third kappa shape index (κ3) is 3.51. The molecule has 1 atom stereocenters. The SMILES string of the molecule is O=C(Cc1ccc2c(c1)CCCC2)N1CCCC(N2CCCC2)C1. The first-order valence-corrected chi connectivity index (χ1v) is 9.92. The van der Waals surface area contributed by atoms with Gasteiger partial charge >= 0.3 is 0 Å². The maximum absolute atomic E-state index is 12.8. The zero-order chi connectivity index (χ0) is 16.4. The molecule has 0 spiro atoms. The first-order chi connectivity index (χ1) is 11.8. The minimum Gasteiger partial charge on any atom is -0.341 e. The molecule has 2 saturated heterocycles. The van der Waals surface area contributed by atoms with E-state index in [4.69, 9.17) is 0 Å². The van der Waals surface area contributed by atoms with E-state index in [1.807, 2.05) is 0 Å². The van der Waals surface area contributed by atoms with Gasteiger partial charge in [-0.05, 0) is 81.1 Å². The molecule has 1 aliphatic carbocycles. The number of fused-ring (bicyclic) bond motifs is 1. The summed E-state index contributed by atoms with van der Waals surface area (Å²) in [6.07, 6.45) is 10.7. The lowest BCUT2D eigenvalue weighted by atomic mass is 9.90. The van der Waals surface area contributed by atoms with Crippen LogP contribution in [0.5, 0.6) is 0 Å². The van der Waals surface area contributed by atoms with E-state index in [1.165, 1.54) is 74.7 Å². The summed E-state index contributed by atoms with van der Waals surface area (Å²) in [5.41, 5.74) is 4.20. The smallest absolute Gasteiger partial charge is 0.227 e. The molecule has 0 saturated carbocycles. The molecule has 130 valence electrons. The summed E-state index contributed by atoms with van der Waals surface area (Å²) in [5, 5.41) is 0. The van der Waals surface area contributed by atoms with Gasteiger partial charge in [-0.1, -0.05) is 18.2 Å². The number of aryl methyl sites for hydroxylation is 2. The van der Waals surface area contributed by atoms with Crippen LogP contribution in [0.15, 0.2) is 18.2 Å². The normalized spacial score (nSPS) is 24.8. The lowest BCUT2D eigenvalue weighted by Crippen LogP contribution is -2.49. The Bertz CT molecular complexity index is 592. The standard InChI is InChI=1S/C21H30N2O/c24-21(15-17-9-10-18-6-1-2-7-19(18)14-17)23-13-5-8-20(16-23)22-11-3-4-12-22/h9-10,14,20H,1-8,11-13,15-16H2. The van der Waals surface area contributed by atoms with Crippen molar-refractivity contribution in [2.75, 3.05) is 26.2 Å². The first kappa shape index (κ1) is 16.1. The van der Waals surface area contributed by atoms with Gasteiger partial charge in [0.25, 0.3) is 0 Å². The molecular weight excluding hydrogens is 296 g/mol. The fraction of sp³-hybridized carbons (Fsp3) is 0.667. The Kier molecular flexibility index (Phi) is 4.88. The van der Waals surface area contributed by atoms with Crippen molar-refractivity contribution in [3.05, 3.63) is 34.9 Å². The van der Waals surface area contributed by atoms with E-state index >= 15 is 0 Å². The van der Waals surface area contributed by atoms with Crippen molar-refractivity contribution in [3.63, 3.8) is 0 Å². The molecule has 3 nitrogen and oxygen atoms in total. The van der Waals surface area contributed by atoms with Crippen molar-refractivity contribution in [2.45, 2.75) is 63.8 Å². The fourth-order valence-electron chi connectivity index (χ4n) is 4.77. The van der Waals surface area contributed by atoms with E-state index in [9.17, 15) is 4.79 Å². The van der Waals surface area contributed by atoms with E-state index in [0.717, 1.165) is 19.5 Å². The third-order valence-corrected chi connectivity index (χ3v) is 6.17. The lowest BCUT2D eigenvalue weighted by molar-refractivity contribution is -0.132. The quantitative estimate of drug-likeness (QED) is 0.852. The molecule has 1 aromatic rings. The molecule has 3 heteroatoms. The summed E-state index contributed by atoms with van der Waals surface area (Å²) >= 11 is 0. The van der Waals surface area contributed by atoms with Gasteiger partial charge in [-0.15, -0.1) is 0 Å². The van der Waals surface area contributed by atoms with Gasteiger partial charge in [-0.2, -0.15) is 0 Å². The van der Waals surface area contributed by atoms with Gasteiger partial charge in [-0.3, -0.25) is 9.69 Å². The molecule has 2 fully saturated rings. The first-order valence-electron chi connectivity index (χ1n) is 9.92. The summed E-state index contributed by atoms with van der Waals surface area (Å²) in [4.78, 5) is 17.5. The number of piperidine rings is 1. The number of carbonyl (C=O) groups excluding carboxylic acids is 1. The molecule has 24 heavy (non-hydrogen) atoms. The summed E-state index contributed by atoms with van der Waals surface area (Å²) < 4.78 is 0. The van der Waals surface area contributed by atoms with Crippen molar-refractivity contribution in [1.82, 2.24) is 9.80 Å². The Morgan fingerprint density at radius 2 is 1.75 bits per heavy atom. The average Bonchev–Trinajstić information content (AvgIpc) is 3.16. The minimum absolute atomic E-state index is 0.328. The number of benzene rings is 1. The Morgan fingerprint density at radius 3 is 2.58 bits per heavy atom. The van der Waals surface area contributed by atoms with Crippen LogP contribution in [-0.4, -0.2) is 47.9 Å². The summed E-state index contributed by atoms with van der Waals surface area (Å²) in [5.74, 6) is 0.328. The topological polar surface area (TPSA) is 23.6 Å². The van der Waals surface area contributed by atoms with Gasteiger partial charge in [0.1, 0.15) is 0 Å². The van der Waals surface area contributed by atoms with Gasteiger partial charge in [0, 0.05) is 19.1 Å². The van der Waals surface area contributed by atoms with Crippen molar-refractivity contribution >= 4 is 5.91 Å². The van der Waals surface area contributed by atoms with Crippen molar-refractivity contribution in [2.24, 2.45) is 0 Å². The van der Waals surface area contributed by atoms with E-state index in [1.54, 1.807) is 0 Å². The Morgan fingerprint density at radius 1 is 0.958 bits per heavy atom. The second-order valence-corrected chi connectivity index (χ2v) is 7.87. The molecule has 0 aromatic heterocycles. The Labute approximate surface area is 146 Å². The Hall–Kier alpha value is -1.35. The predicted octanol–water partition coefficient (Wildman–Crippen LogP) is 3.19. The van der Waals surface area contributed by atoms with Crippen molar-refractivity contribution in [3.8, 4) is 0 Å². The number of amides is 1. The highest BCUT2D eigenvalue weighted by molar-refractivity contribution is 5.79. The second kappa shape index (κ2) is 7.26. The van der Waals surface area contributed by atoms with Gasteiger partial charge in [0.15, 0.2) is 0 Å². The van der Waals surface area contributed by atoms with Crippen LogP contribution < -0.4 is 0 Å². The predicted molar refractivity (Wildman–Crippen MR) is 97.2 cm³/mol. The third-order valence-electron chi connectivity index (χ3n) is 6.17. The van der Waals surface area contributed by atoms with Crippen LogP contribution in [0.1, 0.15) is 55.2 Å². The average molecular weight is 326 g/mol. The van der Waals surface area contributed by atoms with Gasteiger partial charge in [0.2, 0.25) is 5.91 Å². The Balaban J connectivity index is 1.38. The largest absolute Gasteiger partial charge is 0.341 e. The number of likely N-dealkylation sites (tertiary alicyclic amines) is 2. The van der Waals surface area contributed by atoms with E-state index in [-0.39, 0.29) is 0 Å². The van der Waals surface area contributed by atoms with Gasteiger partial charge in [-0.25, -0.2) is 0 Å². The van der Waals surface area contributed by atoms with Crippen molar-refractivity contribution in [1.29, 1.82) is 0 Å². The maximum Gasteiger partial charge on any atom is 0.227 e. The molecule has 2 aliphatic heterocycles. The molecule has 0 N–H and O–H groups in total. The monoisotopic (exact) mass is 326 g/mol. The number of hydrogen-bond donors (Lipinski definition) is 0. The number of nitrogens with zero attached hydrogens (tertiary/aromatic N) is 2. The second-order valence-electron chi connectivity index (χ2n) is 7.87. The van der Waals surface area contributed by atoms with Crippen molar-refractivity contribution < 1.29 is 4.79 Å². The summed E-state index contributed by atoms with van der Waals surface area (Å²) in [6.45, 7) is 4.37. The molecule has 4 rings (SSSR count). The van der Waals surface area contributed by atoms with Crippen LogP contribution in [-0.2, 0) is 24.1 Å². The molecule has 0 bridgehead atoms. The van der Waals surface area contributed by atoms with Crippen LogP contribution in [0, 0.1) is 0 Å². The molecular formula is C21H30N2O. The summed E-state index contributed by atoms with van der Waals surface area (Å²) in [6, 6.07) is 7.35. The van der Waals surface area contributed by atoms with E-state index in [2.05, 4.69) is 28.0 Å². The molecule has 1 unspecified atom stereocenters. The molecule has 1 aromatic carbocycles. The van der Waals surface area contributed by atoms with Crippen LogP contribution in [0.25, 0.3) is 0 Å². The van der Waals surface area contributed by atoms with E-state index in [0.29, 0.717) is 18.4 Å². The van der Waals surface area contributed by atoms with Crippen LogP contribution in [0.4, 0.5) is 0 Å². The van der Waals surface area contributed by atoms with Crippen LogP contribution in [0.3, 0.4) is 0 Å². The molecule has 3 aliphatic rings. The zero-order valence-corrected chi connectivity index (χ0v) is 14.8. The van der Waals surface area contributed by atoms with Gasteiger partial charge in [0.05, 0.1) is 6.42 Å². The number of rotatable bonds is 3.